The Kier molecular flexibility index (Phi) is 4.46. The number of likely N-dealkylation sites (N-methyl/N-ethyl adjacent to an activating group) is 1. The van der Waals surface area contributed by atoms with Gasteiger partial charge >= 0.3 is 6.03 Å². The fourth-order valence-electron chi connectivity index (χ4n) is 3.15. The summed E-state index contributed by atoms with van der Waals surface area (Å²) in [6.07, 6.45) is 3.20. The Morgan fingerprint density at radius 2 is 2.09 bits per heavy atom. The lowest BCUT2D eigenvalue weighted by Crippen LogP contribution is -2.45. The molecule has 1 spiro atoms. The van der Waals surface area contributed by atoms with E-state index in [-0.39, 0.29) is 18.4 Å². The maximum atomic E-state index is 12.5. The number of hydrogen-bond donors (Lipinski definition) is 1. The Labute approximate surface area is 146 Å². The third kappa shape index (κ3) is 3.14. The third-order valence-corrected chi connectivity index (χ3v) is 6.05. The molecule has 23 heavy (non-hydrogen) atoms. The molecule has 0 atom stereocenters. The van der Waals surface area contributed by atoms with Gasteiger partial charge in [0.05, 0.1) is 10.3 Å². The van der Waals surface area contributed by atoms with Crippen molar-refractivity contribution in [3.8, 4) is 0 Å². The van der Waals surface area contributed by atoms with E-state index in [4.69, 9.17) is 0 Å². The minimum absolute atomic E-state index is 0.199. The highest BCUT2D eigenvalue weighted by Gasteiger charge is 2.52. The van der Waals surface area contributed by atoms with Crippen molar-refractivity contribution in [3.05, 3.63) is 20.8 Å². The molecule has 6 nitrogen and oxygen atoms in total. The van der Waals surface area contributed by atoms with Crippen LogP contribution in [0.1, 0.15) is 30.6 Å². The van der Waals surface area contributed by atoms with Crippen molar-refractivity contribution in [2.45, 2.75) is 37.8 Å². The molecule has 1 aliphatic carbocycles. The molecule has 1 aromatic rings. The minimum Gasteiger partial charge on any atom is -0.339 e. The molecule has 4 amide bonds. The first kappa shape index (κ1) is 16.4. The molecule has 0 aromatic carbocycles. The van der Waals surface area contributed by atoms with Gasteiger partial charge in [0.25, 0.3) is 5.91 Å². The summed E-state index contributed by atoms with van der Waals surface area (Å²) in [4.78, 5) is 40.6. The lowest BCUT2D eigenvalue weighted by molar-refractivity contribution is -0.138. The highest BCUT2D eigenvalue weighted by Crippen LogP contribution is 2.35. The first-order valence-corrected chi connectivity index (χ1v) is 9.14. The van der Waals surface area contributed by atoms with E-state index in [1.807, 2.05) is 12.1 Å². The van der Waals surface area contributed by atoms with Gasteiger partial charge in [0.1, 0.15) is 12.1 Å². The average molecular weight is 400 g/mol. The smallest absolute Gasteiger partial charge is 0.325 e. The fourth-order valence-corrected chi connectivity index (χ4v) is 4.69. The molecule has 0 bridgehead atoms. The van der Waals surface area contributed by atoms with E-state index in [1.165, 1.54) is 0 Å². The Balaban J connectivity index is 1.63. The average Bonchev–Trinajstić information content (AvgIpc) is 3.18. The van der Waals surface area contributed by atoms with Crippen molar-refractivity contribution in [1.82, 2.24) is 15.1 Å². The molecule has 2 aliphatic rings. The van der Waals surface area contributed by atoms with Gasteiger partial charge in [-0.25, -0.2) is 4.79 Å². The van der Waals surface area contributed by atoms with Crippen LogP contribution in [0.5, 0.6) is 0 Å². The van der Waals surface area contributed by atoms with E-state index in [9.17, 15) is 14.4 Å². The highest BCUT2D eigenvalue weighted by atomic mass is 79.9. The van der Waals surface area contributed by atoms with Gasteiger partial charge in [-0.2, -0.15) is 0 Å². The van der Waals surface area contributed by atoms with Gasteiger partial charge in [-0.1, -0.05) is 12.8 Å². The lowest BCUT2D eigenvalue weighted by Gasteiger charge is -2.21. The Bertz CT molecular complexity index is 654. The summed E-state index contributed by atoms with van der Waals surface area (Å²) in [7, 11) is 1.68. The van der Waals surface area contributed by atoms with E-state index in [2.05, 4.69) is 21.2 Å². The Hall–Kier alpha value is -1.41. The van der Waals surface area contributed by atoms with Crippen molar-refractivity contribution >= 4 is 45.1 Å². The van der Waals surface area contributed by atoms with E-state index < -0.39 is 11.6 Å². The Morgan fingerprint density at radius 1 is 1.39 bits per heavy atom. The predicted molar refractivity (Wildman–Crippen MR) is 89.9 cm³/mol. The van der Waals surface area contributed by atoms with Crippen LogP contribution in [0.15, 0.2) is 15.9 Å². The van der Waals surface area contributed by atoms with Gasteiger partial charge in [-0.3, -0.25) is 14.5 Å². The molecule has 0 unspecified atom stereocenters. The molecule has 2 fully saturated rings. The van der Waals surface area contributed by atoms with Gasteiger partial charge in [-0.15, -0.1) is 11.3 Å². The summed E-state index contributed by atoms with van der Waals surface area (Å²) in [5, 5.41) is 2.79. The van der Waals surface area contributed by atoms with Crippen LogP contribution in [0.3, 0.4) is 0 Å². The summed E-state index contributed by atoms with van der Waals surface area (Å²) < 4.78 is 1.01. The number of carbonyl (C=O) groups excluding carboxylic acids is 3. The van der Waals surface area contributed by atoms with E-state index in [1.54, 1.807) is 23.3 Å². The van der Waals surface area contributed by atoms with Gasteiger partial charge in [0.2, 0.25) is 5.91 Å². The zero-order chi connectivity index (χ0) is 16.6. The summed E-state index contributed by atoms with van der Waals surface area (Å²) in [5.74, 6) is -0.492. The van der Waals surface area contributed by atoms with Gasteiger partial charge in [0.15, 0.2) is 0 Å². The topological polar surface area (TPSA) is 69.7 Å². The van der Waals surface area contributed by atoms with Crippen LogP contribution < -0.4 is 5.32 Å². The molecule has 0 radical (unpaired) electrons. The van der Waals surface area contributed by atoms with E-state index in [0.29, 0.717) is 19.4 Å². The van der Waals surface area contributed by atoms with Crippen molar-refractivity contribution in [2.75, 3.05) is 13.6 Å². The standard InChI is InChI=1S/C15H18BrN3O3S/c1-18(8-10-4-5-11(16)23-10)12(20)9-19-13(21)15(17-14(19)22)6-2-3-7-15/h4-5H,2-3,6-9H2,1H3,(H,17,22). The van der Waals surface area contributed by atoms with Crippen molar-refractivity contribution in [3.63, 3.8) is 0 Å². The van der Waals surface area contributed by atoms with E-state index in [0.717, 1.165) is 26.4 Å². The number of amides is 4. The van der Waals surface area contributed by atoms with Crippen LogP contribution in [0, 0.1) is 0 Å². The number of imide groups is 1. The molecule has 2 heterocycles. The third-order valence-electron chi connectivity index (χ3n) is 4.44. The SMILES string of the molecule is CN(Cc1ccc(Br)s1)C(=O)CN1C(=O)NC2(CCCC2)C1=O. The molecular formula is C15H18BrN3O3S. The molecule has 1 N–H and O–H groups in total. The number of rotatable bonds is 4. The Morgan fingerprint density at radius 3 is 2.70 bits per heavy atom. The molecule has 1 saturated heterocycles. The monoisotopic (exact) mass is 399 g/mol. The second-order valence-corrected chi connectivity index (χ2v) is 8.61. The van der Waals surface area contributed by atoms with Crippen LogP contribution in [-0.4, -0.2) is 46.8 Å². The van der Waals surface area contributed by atoms with Crippen LogP contribution in [0.2, 0.25) is 0 Å². The van der Waals surface area contributed by atoms with Crippen LogP contribution in [0.25, 0.3) is 0 Å². The molecule has 3 rings (SSSR count). The number of carbonyl (C=O) groups is 3. The largest absolute Gasteiger partial charge is 0.339 e. The normalized spacial score (nSPS) is 19.5. The fraction of sp³-hybridized carbons (Fsp3) is 0.533. The zero-order valence-electron chi connectivity index (χ0n) is 12.8. The van der Waals surface area contributed by atoms with Crippen molar-refractivity contribution in [1.29, 1.82) is 0 Å². The van der Waals surface area contributed by atoms with Gasteiger partial charge in [0, 0.05) is 11.9 Å². The molecule has 1 saturated carbocycles. The quantitative estimate of drug-likeness (QED) is 0.789. The molecule has 8 heteroatoms. The first-order chi connectivity index (χ1) is 10.9. The lowest BCUT2D eigenvalue weighted by atomic mass is 9.98. The first-order valence-electron chi connectivity index (χ1n) is 7.53. The molecular weight excluding hydrogens is 382 g/mol. The predicted octanol–water partition coefficient (Wildman–Crippen LogP) is 2.33. The number of nitrogens with one attached hydrogen (secondary N) is 1. The summed E-state index contributed by atoms with van der Waals surface area (Å²) in [6, 6.07) is 3.43. The maximum Gasteiger partial charge on any atom is 0.325 e. The number of urea groups is 1. The van der Waals surface area contributed by atoms with E-state index >= 15 is 0 Å². The molecule has 1 aromatic heterocycles. The second-order valence-electron chi connectivity index (χ2n) is 6.07. The second kappa shape index (κ2) is 6.24. The van der Waals surface area contributed by atoms with Crippen molar-refractivity contribution in [2.24, 2.45) is 0 Å². The van der Waals surface area contributed by atoms with Crippen LogP contribution >= 0.6 is 27.3 Å². The minimum atomic E-state index is -0.755. The maximum absolute atomic E-state index is 12.5. The van der Waals surface area contributed by atoms with Crippen LogP contribution in [0.4, 0.5) is 4.79 Å². The summed E-state index contributed by atoms with van der Waals surface area (Å²) in [6.45, 7) is 0.263. The molecule has 124 valence electrons. The number of halogens is 1. The summed E-state index contributed by atoms with van der Waals surface area (Å²) >= 11 is 4.94. The number of thiophene rings is 1. The molecule has 1 aliphatic heterocycles. The van der Waals surface area contributed by atoms with Gasteiger partial charge in [-0.05, 0) is 40.9 Å². The number of hydrogen-bond acceptors (Lipinski definition) is 4. The summed E-state index contributed by atoms with van der Waals surface area (Å²) in [5.41, 5.74) is -0.755. The zero-order valence-corrected chi connectivity index (χ0v) is 15.2. The van der Waals surface area contributed by atoms with Gasteiger partial charge < -0.3 is 10.2 Å². The highest BCUT2D eigenvalue weighted by molar-refractivity contribution is 9.11. The van der Waals surface area contributed by atoms with Crippen LogP contribution in [-0.2, 0) is 16.1 Å². The van der Waals surface area contributed by atoms with Crippen molar-refractivity contribution < 1.29 is 14.4 Å². The number of nitrogens with zero attached hydrogens (tertiary/aromatic N) is 2.